The Morgan fingerprint density at radius 3 is 2.23 bits per heavy atom. The van der Waals surface area contributed by atoms with Gasteiger partial charge < -0.3 is 10.2 Å². The minimum atomic E-state index is -1.43. The number of unbranched alkanes of at least 4 members (excludes halogenated alkanes) is 1. The summed E-state index contributed by atoms with van der Waals surface area (Å²) in [6.07, 6.45) is 5.30. The van der Waals surface area contributed by atoms with Gasteiger partial charge in [-0.3, -0.25) is 0 Å². The smallest absolute Gasteiger partial charge is 0.162 e. The Morgan fingerprint density at radius 1 is 1.15 bits per heavy atom. The molecule has 0 saturated heterocycles. The molecule has 0 spiro atoms. The third kappa shape index (κ3) is 7.03. The van der Waals surface area contributed by atoms with Gasteiger partial charge in [-0.05, 0) is 5.92 Å². The van der Waals surface area contributed by atoms with Crippen LogP contribution < -0.4 is 0 Å². The van der Waals surface area contributed by atoms with Crippen molar-refractivity contribution in [3.05, 3.63) is 0 Å². The summed E-state index contributed by atoms with van der Waals surface area (Å²) in [6, 6.07) is 0. The van der Waals surface area contributed by atoms with Crippen molar-refractivity contribution in [1.82, 2.24) is 0 Å². The van der Waals surface area contributed by atoms with Crippen molar-refractivity contribution < 1.29 is 10.2 Å². The van der Waals surface area contributed by atoms with Gasteiger partial charge in [-0.15, -0.1) is 0 Å². The number of aliphatic hydroxyl groups is 2. The lowest BCUT2D eigenvalue weighted by atomic mass is 9.93. The first-order chi connectivity index (χ1) is 6.02. The second-order valence-electron chi connectivity index (χ2n) is 4.18. The lowest BCUT2D eigenvalue weighted by molar-refractivity contribution is -0.177. The molecule has 0 aromatic heterocycles. The Hall–Kier alpha value is -0.0800. The van der Waals surface area contributed by atoms with Crippen LogP contribution in [0.5, 0.6) is 0 Å². The first-order valence-electron chi connectivity index (χ1n) is 5.46. The SMILES string of the molecule is CCCCC(C)CC(O)(O)CCC. The molecule has 80 valence electrons. The molecule has 0 aromatic rings. The predicted octanol–water partition coefficient (Wildman–Crippen LogP) is 2.68. The predicted molar refractivity (Wildman–Crippen MR) is 55.4 cm³/mol. The fourth-order valence-electron chi connectivity index (χ4n) is 1.72. The van der Waals surface area contributed by atoms with Crippen molar-refractivity contribution in [3.8, 4) is 0 Å². The van der Waals surface area contributed by atoms with E-state index >= 15 is 0 Å². The Morgan fingerprint density at radius 2 is 1.77 bits per heavy atom. The van der Waals surface area contributed by atoms with Crippen molar-refractivity contribution in [3.63, 3.8) is 0 Å². The van der Waals surface area contributed by atoms with Crippen LogP contribution in [0, 0.1) is 5.92 Å². The molecular weight excluding hydrogens is 164 g/mol. The molecule has 2 heteroatoms. The lowest BCUT2D eigenvalue weighted by Crippen LogP contribution is -2.30. The number of hydrogen-bond acceptors (Lipinski definition) is 2. The molecule has 0 aliphatic rings. The second-order valence-corrected chi connectivity index (χ2v) is 4.18. The summed E-state index contributed by atoms with van der Waals surface area (Å²) in [6.45, 7) is 6.22. The van der Waals surface area contributed by atoms with Crippen LogP contribution in [0.15, 0.2) is 0 Å². The highest BCUT2D eigenvalue weighted by molar-refractivity contribution is 4.68. The molecule has 0 aliphatic heterocycles. The molecule has 0 aromatic carbocycles. The van der Waals surface area contributed by atoms with Gasteiger partial charge in [0.2, 0.25) is 0 Å². The van der Waals surface area contributed by atoms with Gasteiger partial charge in [-0.25, -0.2) is 0 Å². The Kier molecular flexibility index (Phi) is 6.35. The lowest BCUT2D eigenvalue weighted by Gasteiger charge is -2.24. The van der Waals surface area contributed by atoms with Crippen LogP contribution in [0.3, 0.4) is 0 Å². The highest BCUT2D eigenvalue weighted by Gasteiger charge is 2.23. The molecule has 1 atom stereocenters. The zero-order chi connectivity index (χ0) is 10.3. The van der Waals surface area contributed by atoms with Gasteiger partial charge >= 0.3 is 0 Å². The first kappa shape index (κ1) is 12.9. The average Bonchev–Trinajstić information content (AvgIpc) is 1.99. The molecule has 0 bridgehead atoms. The van der Waals surface area contributed by atoms with Crippen LogP contribution in [0.25, 0.3) is 0 Å². The van der Waals surface area contributed by atoms with Gasteiger partial charge in [0.15, 0.2) is 5.79 Å². The zero-order valence-corrected chi connectivity index (χ0v) is 9.21. The molecule has 0 rings (SSSR count). The molecule has 2 nitrogen and oxygen atoms in total. The van der Waals surface area contributed by atoms with E-state index in [1.807, 2.05) is 6.92 Å². The molecule has 0 aliphatic carbocycles. The van der Waals surface area contributed by atoms with E-state index in [2.05, 4.69) is 13.8 Å². The molecule has 0 saturated carbocycles. The van der Waals surface area contributed by atoms with Gasteiger partial charge in [0.1, 0.15) is 0 Å². The standard InChI is InChI=1S/C11H24O2/c1-4-6-7-10(3)9-11(12,13)8-5-2/h10,12-13H,4-9H2,1-3H3. The molecule has 2 N–H and O–H groups in total. The summed E-state index contributed by atoms with van der Waals surface area (Å²) in [5.41, 5.74) is 0. The third-order valence-corrected chi connectivity index (χ3v) is 2.38. The van der Waals surface area contributed by atoms with Crippen LogP contribution in [-0.2, 0) is 0 Å². The second kappa shape index (κ2) is 6.39. The highest BCUT2D eigenvalue weighted by atomic mass is 16.5. The third-order valence-electron chi connectivity index (χ3n) is 2.38. The van der Waals surface area contributed by atoms with Crippen LogP contribution in [0.2, 0.25) is 0 Å². The Bertz CT molecular complexity index is 121. The maximum atomic E-state index is 9.54. The van der Waals surface area contributed by atoms with Crippen LogP contribution in [-0.4, -0.2) is 16.0 Å². The maximum absolute atomic E-state index is 9.54. The van der Waals surface area contributed by atoms with E-state index < -0.39 is 5.79 Å². The highest BCUT2D eigenvalue weighted by Crippen LogP contribution is 2.22. The summed E-state index contributed by atoms with van der Waals surface area (Å²) in [5.74, 6) is -1.01. The van der Waals surface area contributed by atoms with E-state index in [0.717, 1.165) is 12.8 Å². The summed E-state index contributed by atoms with van der Waals surface area (Å²) >= 11 is 0. The fourth-order valence-corrected chi connectivity index (χ4v) is 1.72. The van der Waals surface area contributed by atoms with E-state index in [4.69, 9.17) is 0 Å². The first-order valence-corrected chi connectivity index (χ1v) is 5.46. The molecular formula is C11H24O2. The normalized spacial score (nSPS) is 14.5. The summed E-state index contributed by atoms with van der Waals surface area (Å²) in [5, 5.41) is 19.1. The van der Waals surface area contributed by atoms with E-state index in [-0.39, 0.29) is 0 Å². The largest absolute Gasteiger partial charge is 0.366 e. The van der Waals surface area contributed by atoms with Crippen molar-refractivity contribution >= 4 is 0 Å². The van der Waals surface area contributed by atoms with Crippen molar-refractivity contribution in [2.75, 3.05) is 0 Å². The molecule has 0 amide bonds. The molecule has 1 unspecified atom stereocenters. The van der Waals surface area contributed by atoms with E-state index in [1.165, 1.54) is 12.8 Å². The minimum absolute atomic E-state index is 0.418. The quantitative estimate of drug-likeness (QED) is 0.603. The number of hydrogen-bond donors (Lipinski definition) is 2. The molecule has 13 heavy (non-hydrogen) atoms. The zero-order valence-electron chi connectivity index (χ0n) is 9.21. The molecule has 0 heterocycles. The summed E-state index contributed by atoms with van der Waals surface area (Å²) in [4.78, 5) is 0. The van der Waals surface area contributed by atoms with Gasteiger partial charge in [-0.1, -0.05) is 46.5 Å². The Balaban J connectivity index is 3.68. The number of rotatable bonds is 7. The van der Waals surface area contributed by atoms with Crippen LogP contribution >= 0.6 is 0 Å². The Labute approximate surface area is 82.0 Å². The van der Waals surface area contributed by atoms with E-state index in [9.17, 15) is 10.2 Å². The summed E-state index contributed by atoms with van der Waals surface area (Å²) < 4.78 is 0. The van der Waals surface area contributed by atoms with Gasteiger partial charge in [-0.2, -0.15) is 0 Å². The van der Waals surface area contributed by atoms with Gasteiger partial charge in [0.05, 0.1) is 0 Å². The maximum Gasteiger partial charge on any atom is 0.162 e. The fraction of sp³-hybridized carbons (Fsp3) is 1.00. The van der Waals surface area contributed by atoms with Gasteiger partial charge in [0.25, 0.3) is 0 Å². The van der Waals surface area contributed by atoms with Crippen LogP contribution in [0.4, 0.5) is 0 Å². The monoisotopic (exact) mass is 188 g/mol. The molecule has 0 radical (unpaired) electrons. The van der Waals surface area contributed by atoms with Gasteiger partial charge in [0, 0.05) is 12.8 Å². The van der Waals surface area contributed by atoms with E-state index in [1.54, 1.807) is 0 Å². The van der Waals surface area contributed by atoms with Crippen molar-refractivity contribution in [2.45, 2.75) is 65.1 Å². The summed E-state index contributed by atoms with van der Waals surface area (Å²) in [7, 11) is 0. The topological polar surface area (TPSA) is 40.5 Å². The van der Waals surface area contributed by atoms with Crippen molar-refractivity contribution in [1.29, 1.82) is 0 Å². The van der Waals surface area contributed by atoms with Crippen molar-refractivity contribution in [2.24, 2.45) is 5.92 Å². The average molecular weight is 188 g/mol. The minimum Gasteiger partial charge on any atom is -0.366 e. The van der Waals surface area contributed by atoms with Crippen LogP contribution in [0.1, 0.15) is 59.3 Å². The van der Waals surface area contributed by atoms with E-state index in [0.29, 0.717) is 18.8 Å². The molecule has 0 fully saturated rings.